The Hall–Kier alpha value is -1.05. The minimum atomic E-state index is -0.835. The summed E-state index contributed by atoms with van der Waals surface area (Å²) < 4.78 is 0. The van der Waals surface area contributed by atoms with Crippen LogP contribution >= 0.6 is 0 Å². The van der Waals surface area contributed by atoms with Gasteiger partial charge in [0.1, 0.15) is 0 Å². The van der Waals surface area contributed by atoms with Gasteiger partial charge in [0.05, 0.1) is 0 Å². The predicted octanol–water partition coefficient (Wildman–Crippen LogP) is 3.54. The summed E-state index contributed by atoms with van der Waals surface area (Å²) in [5.74, 6) is -0.835. The van der Waals surface area contributed by atoms with Gasteiger partial charge in [-0.2, -0.15) is 0 Å². The van der Waals surface area contributed by atoms with Gasteiger partial charge in [-0.1, -0.05) is 31.1 Å². The van der Waals surface area contributed by atoms with Gasteiger partial charge in [-0.05, 0) is 32.6 Å². The molecule has 0 bridgehead atoms. The average molecular weight is 196 g/mol. The van der Waals surface area contributed by atoms with Crippen molar-refractivity contribution in [1.82, 2.24) is 0 Å². The molecule has 0 aromatic carbocycles. The summed E-state index contributed by atoms with van der Waals surface area (Å²) in [5.41, 5.74) is 2.38. The Morgan fingerprint density at radius 2 is 1.93 bits per heavy atom. The average Bonchev–Trinajstić information content (AvgIpc) is 2.15. The third kappa shape index (κ3) is 6.46. The maximum Gasteiger partial charge on any atom is 0.328 e. The molecular weight excluding hydrogens is 176 g/mol. The van der Waals surface area contributed by atoms with Gasteiger partial charge in [-0.25, -0.2) is 4.79 Å². The molecule has 0 atom stereocenters. The maximum absolute atomic E-state index is 10.4. The topological polar surface area (TPSA) is 37.3 Å². The molecule has 0 saturated carbocycles. The number of rotatable bonds is 6. The van der Waals surface area contributed by atoms with Crippen molar-refractivity contribution in [2.75, 3.05) is 0 Å². The van der Waals surface area contributed by atoms with Gasteiger partial charge >= 0.3 is 5.97 Å². The minimum absolute atomic E-state index is 0.825. The molecule has 2 nitrogen and oxygen atoms in total. The Labute approximate surface area is 86.3 Å². The molecule has 0 amide bonds. The van der Waals surface area contributed by atoms with Crippen LogP contribution in [-0.4, -0.2) is 11.1 Å². The summed E-state index contributed by atoms with van der Waals surface area (Å²) in [5, 5.41) is 8.58. The van der Waals surface area contributed by atoms with E-state index in [2.05, 4.69) is 19.9 Å². The van der Waals surface area contributed by atoms with Crippen LogP contribution in [-0.2, 0) is 4.79 Å². The fraction of sp³-hybridized carbons (Fsp3) is 0.583. The molecule has 0 rings (SSSR count). The smallest absolute Gasteiger partial charge is 0.328 e. The van der Waals surface area contributed by atoms with Crippen LogP contribution in [0.3, 0.4) is 0 Å². The quantitative estimate of drug-likeness (QED) is 0.521. The molecule has 0 aliphatic rings. The standard InChI is InChI=1S/C12H20O2/c1-4-10(3)7-6-8-11(5-2)9-12(13)14/h7,9H,4-6,8H2,1-3H3,(H,13,14)/b10-7-,11-9+. The van der Waals surface area contributed by atoms with Crippen molar-refractivity contribution >= 4 is 5.97 Å². The Morgan fingerprint density at radius 1 is 1.29 bits per heavy atom. The third-order valence-electron chi connectivity index (χ3n) is 2.30. The monoisotopic (exact) mass is 196 g/mol. The number of carbonyl (C=O) groups is 1. The molecule has 0 aromatic heterocycles. The van der Waals surface area contributed by atoms with Crippen molar-refractivity contribution < 1.29 is 9.90 Å². The van der Waals surface area contributed by atoms with Crippen molar-refractivity contribution in [1.29, 1.82) is 0 Å². The highest BCUT2D eigenvalue weighted by Gasteiger charge is 1.97. The second-order valence-electron chi connectivity index (χ2n) is 3.44. The van der Waals surface area contributed by atoms with E-state index in [-0.39, 0.29) is 0 Å². The largest absolute Gasteiger partial charge is 0.478 e. The lowest BCUT2D eigenvalue weighted by atomic mass is 10.1. The molecule has 0 spiro atoms. The first-order chi connectivity index (χ1) is 6.60. The van der Waals surface area contributed by atoms with E-state index in [4.69, 9.17) is 5.11 Å². The Bertz CT molecular complexity index is 237. The van der Waals surface area contributed by atoms with Gasteiger partial charge in [0, 0.05) is 6.08 Å². The van der Waals surface area contributed by atoms with Crippen LogP contribution in [0.2, 0.25) is 0 Å². The predicted molar refractivity (Wildman–Crippen MR) is 59.3 cm³/mol. The molecule has 80 valence electrons. The van der Waals surface area contributed by atoms with E-state index in [9.17, 15) is 4.79 Å². The molecule has 0 aliphatic carbocycles. The fourth-order valence-electron chi connectivity index (χ4n) is 1.17. The van der Waals surface area contributed by atoms with Crippen LogP contribution in [0.1, 0.15) is 46.5 Å². The Morgan fingerprint density at radius 3 is 2.36 bits per heavy atom. The first kappa shape index (κ1) is 12.9. The molecule has 0 saturated heterocycles. The normalized spacial score (nSPS) is 13.1. The highest BCUT2D eigenvalue weighted by molar-refractivity contribution is 5.80. The Balaban J connectivity index is 4.03. The van der Waals surface area contributed by atoms with Gasteiger partial charge in [0.2, 0.25) is 0 Å². The van der Waals surface area contributed by atoms with Crippen LogP contribution in [0.25, 0.3) is 0 Å². The second kappa shape index (κ2) is 7.36. The lowest BCUT2D eigenvalue weighted by molar-refractivity contribution is -0.131. The molecule has 1 N–H and O–H groups in total. The summed E-state index contributed by atoms with van der Waals surface area (Å²) in [6, 6.07) is 0. The first-order valence-electron chi connectivity index (χ1n) is 5.18. The SMILES string of the molecule is CC/C(C)=C\CC/C(=C/C(=O)O)CC. The number of carboxylic acid groups (broad SMARTS) is 1. The zero-order chi connectivity index (χ0) is 11.0. The van der Waals surface area contributed by atoms with Crippen LogP contribution in [0, 0.1) is 0 Å². The maximum atomic E-state index is 10.4. The van der Waals surface area contributed by atoms with Crippen LogP contribution in [0.15, 0.2) is 23.3 Å². The highest BCUT2D eigenvalue weighted by atomic mass is 16.4. The zero-order valence-electron chi connectivity index (χ0n) is 9.34. The molecule has 0 unspecified atom stereocenters. The third-order valence-corrected chi connectivity index (χ3v) is 2.30. The van der Waals surface area contributed by atoms with Gasteiger partial charge < -0.3 is 5.11 Å². The number of hydrogen-bond acceptors (Lipinski definition) is 1. The first-order valence-corrected chi connectivity index (χ1v) is 5.18. The number of aliphatic carboxylic acids is 1. The minimum Gasteiger partial charge on any atom is -0.478 e. The molecular formula is C12H20O2. The number of carboxylic acids is 1. The summed E-state index contributed by atoms with van der Waals surface area (Å²) in [7, 11) is 0. The van der Waals surface area contributed by atoms with Gasteiger partial charge in [0.15, 0.2) is 0 Å². The van der Waals surface area contributed by atoms with Crippen LogP contribution in [0.5, 0.6) is 0 Å². The number of allylic oxidation sites excluding steroid dienone is 3. The van der Waals surface area contributed by atoms with E-state index < -0.39 is 5.97 Å². The van der Waals surface area contributed by atoms with E-state index >= 15 is 0 Å². The van der Waals surface area contributed by atoms with Gasteiger partial charge in [-0.15, -0.1) is 0 Å². The van der Waals surface area contributed by atoms with Crippen molar-refractivity contribution in [3.05, 3.63) is 23.3 Å². The lowest BCUT2D eigenvalue weighted by Gasteiger charge is -2.01. The van der Waals surface area contributed by atoms with E-state index in [0.717, 1.165) is 31.3 Å². The molecule has 0 heterocycles. The van der Waals surface area contributed by atoms with Crippen molar-refractivity contribution in [2.45, 2.75) is 46.5 Å². The molecule has 2 heteroatoms. The van der Waals surface area contributed by atoms with Crippen LogP contribution < -0.4 is 0 Å². The number of hydrogen-bond donors (Lipinski definition) is 1. The summed E-state index contributed by atoms with van der Waals surface area (Å²) in [6.07, 6.45) is 7.22. The van der Waals surface area contributed by atoms with Gasteiger partial charge in [0.25, 0.3) is 0 Å². The molecule has 0 aliphatic heterocycles. The van der Waals surface area contributed by atoms with Crippen LogP contribution in [0.4, 0.5) is 0 Å². The summed E-state index contributed by atoms with van der Waals surface area (Å²) >= 11 is 0. The van der Waals surface area contributed by atoms with Crippen molar-refractivity contribution in [2.24, 2.45) is 0 Å². The van der Waals surface area contributed by atoms with Crippen molar-refractivity contribution in [3.63, 3.8) is 0 Å². The summed E-state index contributed by atoms with van der Waals surface area (Å²) in [6.45, 7) is 6.22. The van der Waals surface area contributed by atoms with E-state index in [1.165, 1.54) is 11.6 Å². The molecule has 0 aromatic rings. The van der Waals surface area contributed by atoms with Crippen molar-refractivity contribution in [3.8, 4) is 0 Å². The second-order valence-corrected chi connectivity index (χ2v) is 3.44. The van der Waals surface area contributed by atoms with Gasteiger partial charge in [-0.3, -0.25) is 0 Å². The molecule has 0 radical (unpaired) electrons. The Kier molecular flexibility index (Phi) is 6.81. The summed E-state index contributed by atoms with van der Waals surface area (Å²) in [4.78, 5) is 10.4. The van der Waals surface area contributed by atoms with E-state index in [1.54, 1.807) is 0 Å². The molecule has 0 fully saturated rings. The van der Waals surface area contributed by atoms with E-state index in [1.807, 2.05) is 6.92 Å². The fourth-order valence-corrected chi connectivity index (χ4v) is 1.17. The lowest BCUT2D eigenvalue weighted by Crippen LogP contribution is -1.91. The molecule has 14 heavy (non-hydrogen) atoms. The zero-order valence-corrected chi connectivity index (χ0v) is 9.34. The highest BCUT2D eigenvalue weighted by Crippen LogP contribution is 2.11. The van der Waals surface area contributed by atoms with E-state index in [0.29, 0.717) is 0 Å².